The van der Waals surface area contributed by atoms with Crippen molar-refractivity contribution in [3.05, 3.63) is 58.7 Å². The van der Waals surface area contributed by atoms with Crippen molar-refractivity contribution >= 4 is 23.4 Å². The second-order valence-corrected chi connectivity index (χ2v) is 4.92. The Morgan fingerprint density at radius 3 is 2.85 bits per heavy atom. The van der Waals surface area contributed by atoms with Gasteiger partial charge in [-0.1, -0.05) is 41.4 Å². The number of aromatic nitrogens is 1. The van der Waals surface area contributed by atoms with Crippen molar-refractivity contribution in [3.63, 3.8) is 0 Å². The van der Waals surface area contributed by atoms with Crippen LogP contribution in [0.4, 0.5) is 10.6 Å². The van der Waals surface area contributed by atoms with Gasteiger partial charge in [-0.25, -0.2) is 9.78 Å². The Morgan fingerprint density at radius 2 is 2.15 bits per heavy atom. The molecule has 104 valence electrons. The summed E-state index contributed by atoms with van der Waals surface area (Å²) in [5.41, 5.74) is 2.42. The highest BCUT2D eigenvalue weighted by Gasteiger charge is 2.02. The summed E-state index contributed by atoms with van der Waals surface area (Å²) in [6.07, 6.45) is 2.28. The minimum atomic E-state index is -0.271. The third-order valence-corrected chi connectivity index (χ3v) is 2.97. The number of halogens is 1. The lowest BCUT2D eigenvalue weighted by atomic mass is 10.1. The number of carbonyl (C=O) groups excluding carboxylic acids is 1. The number of anilines is 1. The summed E-state index contributed by atoms with van der Waals surface area (Å²) in [4.78, 5) is 15.7. The number of urea groups is 1. The van der Waals surface area contributed by atoms with Gasteiger partial charge in [-0.2, -0.15) is 0 Å². The van der Waals surface area contributed by atoms with Gasteiger partial charge in [0.05, 0.1) is 5.02 Å². The molecule has 4 nitrogen and oxygen atoms in total. The quantitative estimate of drug-likeness (QED) is 0.906. The van der Waals surface area contributed by atoms with E-state index in [2.05, 4.69) is 34.7 Å². The van der Waals surface area contributed by atoms with Crippen molar-refractivity contribution in [2.24, 2.45) is 0 Å². The molecule has 20 heavy (non-hydrogen) atoms. The van der Waals surface area contributed by atoms with Crippen molar-refractivity contribution in [2.75, 3.05) is 11.9 Å². The Bertz CT molecular complexity index is 584. The van der Waals surface area contributed by atoms with Crippen molar-refractivity contribution in [1.82, 2.24) is 10.3 Å². The van der Waals surface area contributed by atoms with Gasteiger partial charge in [0.25, 0.3) is 0 Å². The van der Waals surface area contributed by atoms with Crippen LogP contribution < -0.4 is 10.6 Å². The highest BCUT2D eigenvalue weighted by molar-refractivity contribution is 6.30. The van der Waals surface area contributed by atoms with Gasteiger partial charge in [0.1, 0.15) is 5.82 Å². The van der Waals surface area contributed by atoms with Crippen LogP contribution in [0.3, 0.4) is 0 Å². The molecule has 0 aliphatic carbocycles. The normalized spacial score (nSPS) is 10.1. The van der Waals surface area contributed by atoms with Crippen LogP contribution in [-0.2, 0) is 6.42 Å². The van der Waals surface area contributed by atoms with Gasteiger partial charge in [0.2, 0.25) is 0 Å². The Labute approximate surface area is 123 Å². The number of hydrogen-bond donors (Lipinski definition) is 2. The number of amides is 2. The van der Waals surface area contributed by atoms with E-state index in [4.69, 9.17) is 11.6 Å². The molecule has 0 saturated heterocycles. The number of nitrogens with zero attached hydrogens (tertiary/aromatic N) is 1. The molecule has 0 bridgehead atoms. The summed E-state index contributed by atoms with van der Waals surface area (Å²) in [7, 11) is 0. The number of hydrogen-bond acceptors (Lipinski definition) is 2. The highest BCUT2D eigenvalue weighted by Crippen LogP contribution is 2.09. The fourth-order valence-corrected chi connectivity index (χ4v) is 1.91. The Morgan fingerprint density at radius 1 is 1.30 bits per heavy atom. The van der Waals surface area contributed by atoms with Crippen LogP contribution in [0.2, 0.25) is 5.02 Å². The van der Waals surface area contributed by atoms with Gasteiger partial charge in [-0.3, -0.25) is 5.32 Å². The zero-order chi connectivity index (χ0) is 14.4. The molecule has 2 N–H and O–H groups in total. The van der Waals surface area contributed by atoms with E-state index in [-0.39, 0.29) is 6.03 Å². The molecule has 0 aliphatic heterocycles. The van der Waals surface area contributed by atoms with Crippen LogP contribution in [0.1, 0.15) is 11.1 Å². The van der Waals surface area contributed by atoms with Crippen molar-refractivity contribution in [1.29, 1.82) is 0 Å². The fraction of sp³-hybridized carbons (Fsp3) is 0.200. The van der Waals surface area contributed by atoms with Gasteiger partial charge in [0, 0.05) is 12.7 Å². The number of nitrogens with one attached hydrogen (secondary N) is 2. The minimum absolute atomic E-state index is 0.271. The molecule has 1 aromatic carbocycles. The number of rotatable bonds is 4. The lowest BCUT2D eigenvalue weighted by Gasteiger charge is -2.07. The molecule has 2 amide bonds. The SMILES string of the molecule is Cc1cccc(CCNC(=O)Nc2ccc(Cl)cn2)c1. The van der Waals surface area contributed by atoms with Crippen molar-refractivity contribution in [2.45, 2.75) is 13.3 Å². The second-order valence-electron chi connectivity index (χ2n) is 4.48. The van der Waals surface area contributed by atoms with Crippen LogP contribution in [-0.4, -0.2) is 17.6 Å². The first-order valence-electron chi connectivity index (χ1n) is 6.35. The van der Waals surface area contributed by atoms with Gasteiger partial charge in [-0.05, 0) is 31.0 Å². The van der Waals surface area contributed by atoms with E-state index < -0.39 is 0 Å². The third kappa shape index (κ3) is 4.55. The molecule has 0 unspecified atom stereocenters. The maximum Gasteiger partial charge on any atom is 0.320 e. The van der Waals surface area contributed by atoms with Gasteiger partial charge < -0.3 is 5.32 Å². The van der Waals surface area contributed by atoms with E-state index >= 15 is 0 Å². The number of aryl methyl sites for hydroxylation is 1. The summed E-state index contributed by atoms with van der Waals surface area (Å²) in [5, 5.41) is 5.98. The molecule has 0 saturated carbocycles. The molecule has 5 heteroatoms. The van der Waals surface area contributed by atoms with E-state index in [1.807, 2.05) is 12.1 Å². The lowest BCUT2D eigenvalue weighted by molar-refractivity contribution is 0.252. The average molecular weight is 290 g/mol. The Balaban J connectivity index is 1.76. The fourth-order valence-electron chi connectivity index (χ4n) is 1.80. The Hall–Kier alpha value is -2.07. The minimum Gasteiger partial charge on any atom is -0.337 e. The molecular weight excluding hydrogens is 274 g/mol. The molecule has 0 spiro atoms. The first-order chi connectivity index (χ1) is 9.63. The van der Waals surface area contributed by atoms with E-state index in [0.29, 0.717) is 17.4 Å². The first kappa shape index (κ1) is 14.3. The van der Waals surface area contributed by atoms with Crippen LogP contribution in [0, 0.1) is 6.92 Å². The average Bonchev–Trinajstić information content (AvgIpc) is 2.41. The second kappa shape index (κ2) is 6.91. The van der Waals surface area contributed by atoms with Gasteiger partial charge in [-0.15, -0.1) is 0 Å². The Kier molecular flexibility index (Phi) is 4.96. The molecule has 0 fully saturated rings. The molecule has 0 atom stereocenters. The molecule has 1 heterocycles. The zero-order valence-electron chi connectivity index (χ0n) is 11.2. The summed E-state index contributed by atoms with van der Waals surface area (Å²) in [5.74, 6) is 0.474. The molecule has 0 radical (unpaired) electrons. The van der Waals surface area contributed by atoms with Crippen LogP contribution in [0.25, 0.3) is 0 Å². The predicted octanol–water partition coefficient (Wildman–Crippen LogP) is 3.41. The molecular formula is C15H16ClN3O. The highest BCUT2D eigenvalue weighted by atomic mass is 35.5. The summed E-state index contributed by atoms with van der Waals surface area (Å²) in [6.45, 7) is 2.62. The monoisotopic (exact) mass is 289 g/mol. The van der Waals surface area contributed by atoms with Crippen molar-refractivity contribution in [3.8, 4) is 0 Å². The largest absolute Gasteiger partial charge is 0.337 e. The lowest BCUT2D eigenvalue weighted by Crippen LogP contribution is -2.30. The zero-order valence-corrected chi connectivity index (χ0v) is 11.9. The van der Waals surface area contributed by atoms with E-state index in [1.54, 1.807) is 12.1 Å². The molecule has 2 rings (SSSR count). The number of pyridine rings is 1. The van der Waals surface area contributed by atoms with Gasteiger partial charge in [0.15, 0.2) is 0 Å². The molecule has 1 aromatic heterocycles. The van der Waals surface area contributed by atoms with E-state index in [1.165, 1.54) is 17.3 Å². The van der Waals surface area contributed by atoms with Crippen LogP contribution >= 0.6 is 11.6 Å². The van der Waals surface area contributed by atoms with Crippen LogP contribution in [0.15, 0.2) is 42.6 Å². The number of benzene rings is 1. The molecule has 2 aromatic rings. The smallest absolute Gasteiger partial charge is 0.320 e. The van der Waals surface area contributed by atoms with E-state index in [9.17, 15) is 4.79 Å². The van der Waals surface area contributed by atoms with E-state index in [0.717, 1.165) is 6.42 Å². The third-order valence-electron chi connectivity index (χ3n) is 2.75. The standard InChI is InChI=1S/C15H16ClN3O/c1-11-3-2-4-12(9-11)7-8-17-15(20)19-14-6-5-13(16)10-18-14/h2-6,9-10H,7-8H2,1H3,(H2,17,18,19,20). The summed E-state index contributed by atoms with van der Waals surface area (Å²) < 4.78 is 0. The van der Waals surface area contributed by atoms with Crippen LogP contribution in [0.5, 0.6) is 0 Å². The maximum absolute atomic E-state index is 11.7. The summed E-state index contributed by atoms with van der Waals surface area (Å²) in [6, 6.07) is 11.3. The molecule has 0 aliphatic rings. The number of carbonyl (C=O) groups is 1. The van der Waals surface area contributed by atoms with Crippen molar-refractivity contribution < 1.29 is 4.79 Å². The first-order valence-corrected chi connectivity index (χ1v) is 6.73. The topological polar surface area (TPSA) is 54.0 Å². The summed E-state index contributed by atoms with van der Waals surface area (Å²) >= 11 is 5.72. The van der Waals surface area contributed by atoms with Gasteiger partial charge >= 0.3 is 6.03 Å². The maximum atomic E-state index is 11.7. The predicted molar refractivity (Wildman–Crippen MR) is 81.2 cm³/mol.